The fourth-order valence-electron chi connectivity index (χ4n) is 3.39. The van der Waals surface area contributed by atoms with E-state index in [-0.39, 0.29) is 12.2 Å². The summed E-state index contributed by atoms with van der Waals surface area (Å²) in [6, 6.07) is 0.989. The average molecular weight is 271 g/mol. The summed E-state index contributed by atoms with van der Waals surface area (Å²) >= 11 is 0. The molecule has 1 rings (SSSR count). The van der Waals surface area contributed by atoms with Crippen LogP contribution in [0.15, 0.2) is 0 Å². The van der Waals surface area contributed by atoms with Gasteiger partial charge in [0.05, 0.1) is 12.2 Å². The van der Waals surface area contributed by atoms with Gasteiger partial charge in [0.25, 0.3) is 0 Å². The van der Waals surface area contributed by atoms with E-state index in [4.69, 9.17) is 0 Å². The highest BCUT2D eigenvalue weighted by atomic mass is 16.3. The van der Waals surface area contributed by atoms with Crippen molar-refractivity contribution in [1.29, 1.82) is 0 Å². The van der Waals surface area contributed by atoms with Crippen LogP contribution in [0.4, 0.5) is 0 Å². The molecule has 0 aliphatic carbocycles. The molecule has 3 heteroatoms. The van der Waals surface area contributed by atoms with Gasteiger partial charge >= 0.3 is 0 Å². The molecule has 0 spiro atoms. The summed E-state index contributed by atoms with van der Waals surface area (Å²) < 4.78 is 0. The minimum Gasteiger partial charge on any atom is -0.393 e. The molecule has 1 aliphatic rings. The largest absolute Gasteiger partial charge is 0.393 e. The number of aliphatic hydroxyl groups is 2. The molecule has 0 aromatic rings. The lowest BCUT2D eigenvalue weighted by molar-refractivity contribution is 0.0320. The lowest BCUT2D eigenvalue weighted by Crippen LogP contribution is -2.46. The molecule has 0 amide bonds. The first-order chi connectivity index (χ1) is 9.08. The molecule has 3 nitrogen and oxygen atoms in total. The maximum Gasteiger partial charge on any atom is 0.0555 e. The van der Waals surface area contributed by atoms with Crippen LogP contribution >= 0.6 is 0 Å². The summed E-state index contributed by atoms with van der Waals surface area (Å²) in [7, 11) is 2.17. The van der Waals surface area contributed by atoms with Gasteiger partial charge in [0.15, 0.2) is 0 Å². The first-order valence-electron chi connectivity index (χ1n) is 8.16. The van der Waals surface area contributed by atoms with E-state index in [9.17, 15) is 10.2 Å². The van der Waals surface area contributed by atoms with Gasteiger partial charge in [0.1, 0.15) is 0 Å². The molecule has 4 atom stereocenters. The molecule has 1 fully saturated rings. The van der Waals surface area contributed by atoms with E-state index in [1.165, 1.54) is 19.3 Å². The van der Waals surface area contributed by atoms with Gasteiger partial charge in [-0.2, -0.15) is 0 Å². The molecule has 19 heavy (non-hydrogen) atoms. The first-order valence-corrected chi connectivity index (χ1v) is 8.16. The summed E-state index contributed by atoms with van der Waals surface area (Å²) in [5.41, 5.74) is 0. The Balaban J connectivity index is 2.43. The third kappa shape index (κ3) is 5.80. The number of likely N-dealkylation sites (tertiary alicyclic amines) is 1. The molecular weight excluding hydrogens is 238 g/mol. The van der Waals surface area contributed by atoms with Crippen molar-refractivity contribution in [2.24, 2.45) is 0 Å². The van der Waals surface area contributed by atoms with Crippen molar-refractivity contribution in [3.05, 3.63) is 0 Å². The van der Waals surface area contributed by atoms with E-state index >= 15 is 0 Å². The Hall–Kier alpha value is -0.120. The number of rotatable bonds is 8. The quantitative estimate of drug-likeness (QED) is 0.713. The summed E-state index contributed by atoms with van der Waals surface area (Å²) in [4.78, 5) is 2.42. The van der Waals surface area contributed by atoms with Crippen LogP contribution in [0.2, 0.25) is 0 Å². The van der Waals surface area contributed by atoms with Crippen LogP contribution in [-0.4, -0.2) is 46.5 Å². The van der Waals surface area contributed by atoms with Crippen LogP contribution < -0.4 is 0 Å². The summed E-state index contributed by atoms with van der Waals surface area (Å²) in [6.07, 6.45) is 9.02. The van der Waals surface area contributed by atoms with Crippen molar-refractivity contribution in [2.45, 2.75) is 95.9 Å². The van der Waals surface area contributed by atoms with E-state index in [2.05, 4.69) is 25.8 Å². The Morgan fingerprint density at radius 3 is 1.74 bits per heavy atom. The lowest BCUT2D eigenvalue weighted by Gasteiger charge is -2.41. The second kappa shape index (κ2) is 8.93. The molecule has 0 bridgehead atoms. The predicted octanol–water partition coefficient (Wildman–Crippen LogP) is 2.94. The first kappa shape index (κ1) is 16.9. The highest BCUT2D eigenvalue weighted by Gasteiger charge is 2.29. The topological polar surface area (TPSA) is 43.7 Å². The number of piperidine rings is 1. The average Bonchev–Trinajstić information content (AvgIpc) is 2.35. The van der Waals surface area contributed by atoms with Gasteiger partial charge in [-0.3, -0.25) is 0 Å². The standard InChI is InChI=1S/C16H33NO2/c1-4-7-15(18)11-13-9-6-10-14(17(13)3)12-16(19)8-5-2/h13-16,18-19H,4-12H2,1-3H3. The van der Waals surface area contributed by atoms with Crippen LogP contribution in [0.3, 0.4) is 0 Å². The molecule has 2 N–H and O–H groups in total. The van der Waals surface area contributed by atoms with Crippen molar-refractivity contribution in [2.75, 3.05) is 7.05 Å². The molecule has 1 heterocycles. The summed E-state index contributed by atoms with van der Waals surface area (Å²) in [5.74, 6) is 0. The summed E-state index contributed by atoms with van der Waals surface area (Å²) in [6.45, 7) is 4.25. The van der Waals surface area contributed by atoms with E-state index in [1.54, 1.807) is 0 Å². The molecule has 1 aliphatic heterocycles. The Morgan fingerprint density at radius 2 is 1.37 bits per heavy atom. The molecule has 0 aromatic heterocycles. The molecule has 0 aromatic carbocycles. The molecule has 114 valence electrons. The van der Waals surface area contributed by atoms with Crippen molar-refractivity contribution in [1.82, 2.24) is 4.90 Å². The van der Waals surface area contributed by atoms with Gasteiger partial charge in [0, 0.05) is 12.1 Å². The van der Waals surface area contributed by atoms with Crippen LogP contribution in [-0.2, 0) is 0 Å². The minimum absolute atomic E-state index is 0.156. The van der Waals surface area contributed by atoms with Crippen LogP contribution in [0.25, 0.3) is 0 Å². The Kier molecular flexibility index (Phi) is 7.96. The second-order valence-electron chi connectivity index (χ2n) is 6.26. The minimum atomic E-state index is -0.156. The zero-order valence-corrected chi connectivity index (χ0v) is 13.0. The van der Waals surface area contributed by atoms with Crippen molar-refractivity contribution in [3.8, 4) is 0 Å². The van der Waals surface area contributed by atoms with Crippen molar-refractivity contribution in [3.63, 3.8) is 0 Å². The van der Waals surface area contributed by atoms with E-state index < -0.39 is 0 Å². The third-order valence-electron chi connectivity index (χ3n) is 4.56. The molecule has 0 saturated carbocycles. The predicted molar refractivity (Wildman–Crippen MR) is 80.3 cm³/mol. The number of hydrogen-bond acceptors (Lipinski definition) is 3. The van der Waals surface area contributed by atoms with Gasteiger partial charge in [-0.25, -0.2) is 0 Å². The highest BCUT2D eigenvalue weighted by molar-refractivity contribution is 4.85. The SMILES string of the molecule is CCCC(O)CC1CCCC(CC(O)CCC)N1C. The van der Waals surface area contributed by atoms with Gasteiger partial charge in [-0.15, -0.1) is 0 Å². The monoisotopic (exact) mass is 271 g/mol. The number of aliphatic hydroxyl groups excluding tert-OH is 2. The van der Waals surface area contributed by atoms with Gasteiger partial charge in [0.2, 0.25) is 0 Å². The van der Waals surface area contributed by atoms with E-state index in [0.29, 0.717) is 12.1 Å². The van der Waals surface area contributed by atoms with E-state index in [1.807, 2.05) is 0 Å². The van der Waals surface area contributed by atoms with Gasteiger partial charge in [-0.05, 0) is 45.6 Å². The Labute approximate surface area is 119 Å². The maximum atomic E-state index is 10.00. The fourth-order valence-corrected chi connectivity index (χ4v) is 3.39. The zero-order valence-electron chi connectivity index (χ0n) is 13.0. The van der Waals surface area contributed by atoms with Crippen LogP contribution in [0, 0.1) is 0 Å². The number of nitrogens with zero attached hydrogens (tertiary/aromatic N) is 1. The molecule has 0 radical (unpaired) electrons. The Bertz CT molecular complexity index is 213. The van der Waals surface area contributed by atoms with Crippen LogP contribution in [0.1, 0.15) is 71.6 Å². The third-order valence-corrected chi connectivity index (χ3v) is 4.56. The lowest BCUT2D eigenvalue weighted by atomic mass is 9.89. The van der Waals surface area contributed by atoms with E-state index in [0.717, 1.165) is 38.5 Å². The normalized spacial score (nSPS) is 28.3. The van der Waals surface area contributed by atoms with Gasteiger partial charge in [-0.1, -0.05) is 33.1 Å². The van der Waals surface area contributed by atoms with Gasteiger partial charge < -0.3 is 15.1 Å². The number of hydrogen-bond donors (Lipinski definition) is 2. The van der Waals surface area contributed by atoms with Crippen molar-refractivity contribution >= 4 is 0 Å². The molecular formula is C16H33NO2. The molecule has 1 saturated heterocycles. The molecule has 4 unspecified atom stereocenters. The zero-order chi connectivity index (χ0) is 14.3. The Morgan fingerprint density at radius 1 is 0.947 bits per heavy atom. The van der Waals surface area contributed by atoms with Crippen molar-refractivity contribution < 1.29 is 10.2 Å². The van der Waals surface area contributed by atoms with Crippen LogP contribution in [0.5, 0.6) is 0 Å². The summed E-state index contributed by atoms with van der Waals surface area (Å²) in [5, 5.41) is 20.0. The maximum absolute atomic E-state index is 10.00. The smallest absolute Gasteiger partial charge is 0.0555 e. The highest BCUT2D eigenvalue weighted by Crippen LogP contribution is 2.28. The second-order valence-corrected chi connectivity index (χ2v) is 6.26. The fraction of sp³-hybridized carbons (Fsp3) is 1.00.